The molecule has 1 heterocycles. The van der Waals surface area contributed by atoms with Crippen LogP contribution in [-0.2, 0) is 16.1 Å². The van der Waals surface area contributed by atoms with Crippen LogP contribution in [-0.4, -0.2) is 27.7 Å². The molecule has 1 atom stereocenters. The highest BCUT2D eigenvalue weighted by atomic mass is 16.4. The molecule has 1 N–H and O–H groups in total. The molecule has 0 fully saturated rings. The van der Waals surface area contributed by atoms with Crippen LogP contribution in [0.25, 0.3) is 0 Å². The zero-order valence-electron chi connectivity index (χ0n) is 15.1. The molecule has 0 aromatic heterocycles. The highest BCUT2D eigenvalue weighted by Crippen LogP contribution is 2.32. The van der Waals surface area contributed by atoms with E-state index in [9.17, 15) is 19.5 Å². The molecule has 1 unspecified atom stereocenters. The van der Waals surface area contributed by atoms with E-state index >= 15 is 0 Å². The number of rotatable bonds is 6. The molecule has 27 heavy (non-hydrogen) atoms. The van der Waals surface area contributed by atoms with Gasteiger partial charge in [-0.1, -0.05) is 60.7 Å². The number of amides is 1. The number of Topliss-reactive ketones (excluding diaryl/α,β-unsaturated/α-hetero) is 1. The number of ketones is 1. The van der Waals surface area contributed by atoms with E-state index in [1.54, 1.807) is 36.1 Å². The van der Waals surface area contributed by atoms with Gasteiger partial charge < -0.3 is 10.0 Å². The third-order valence-corrected chi connectivity index (χ3v) is 4.82. The monoisotopic (exact) mass is 363 g/mol. The van der Waals surface area contributed by atoms with E-state index in [-0.39, 0.29) is 24.5 Å². The molecule has 2 aromatic rings. The molecule has 0 spiro atoms. The predicted octanol–water partition coefficient (Wildman–Crippen LogP) is 3.67. The van der Waals surface area contributed by atoms with Gasteiger partial charge in [0.25, 0.3) is 0 Å². The SMILES string of the molecule is CC1=C(C(=O)c2ccccc2)CC(CC(=O)O)C(=O)N1Cc1ccccc1. The van der Waals surface area contributed by atoms with Gasteiger partial charge in [-0.25, -0.2) is 0 Å². The summed E-state index contributed by atoms with van der Waals surface area (Å²) in [6, 6.07) is 18.3. The largest absolute Gasteiger partial charge is 0.481 e. The number of carboxylic acids is 1. The Bertz CT molecular complexity index is 887. The van der Waals surface area contributed by atoms with Crippen LogP contribution in [0.5, 0.6) is 0 Å². The molecule has 1 aliphatic heterocycles. The van der Waals surface area contributed by atoms with Crippen molar-refractivity contribution in [2.75, 3.05) is 0 Å². The average molecular weight is 363 g/mol. The summed E-state index contributed by atoms with van der Waals surface area (Å²) >= 11 is 0. The van der Waals surface area contributed by atoms with Crippen molar-refractivity contribution in [2.24, 2.45) is 5.92 Å². The van der Waals surface area contributed by atoms with Gasteiger partial charge in [0.05, 0.1) is 18.9 Å². The maximum Gasteiger partial charge on any atom is 0.304 e. The molecule has 5 nitrogen and oxygen atoms in total. The van der Waals surface area contributed by atoms with Gasteiger partial charge in [0.1, 0.15) is 0 Å². The number of allylic oxidation sites excluding steroid dienone is 2. The van der Waals surface area contributed by atoms with Crippen LogP contribution < -0.4 is 0 Å². The van der Waals surface area contributed by atoms with Crippen LogP contribution in [0.3, 0.4) is 0 Å². The molecule has 0 radical (unpaired) electrons. The minimum Gasteiger partial charge on any atom is -0.481 e. The first-order chi connectivity index (χ1) is 13.0. The Kier molecular flexibility index (Phi) is 5.50. The number of aliphatic carboxylic acids is 1. The van der Waals surface area contributed by atoms with Crippen LogP contribution in [0, 0.1) is 5.92 Å². The van der Waals surface area contributed by atoms with Crippen LogP contribution >= 0.6 is 0 Å². The number of nitrogens with zero attached hydrogens (tertiary/aromatic N) is 1. The quantitative estimate of drug-likeness (QED) is 0.795. The third kappa shape index (κ3) is 4.14. The molecule has 0 saturated heterocycles. The van der Waals surface area contributed by atoms with Gasteiger partial charge in [0.2, 0.25) is 5.91 Å². The molecular weight excluding hydrogens is 342 g/mol. The lowest BCUT2D eigenvalue weighted by molar-refractivity contribution is -0.144. The number of benzene rings is 2. The number of hydrogen-bond donors (Lipinski definition) is 1. The molecule has 138 valence electrons. The van der Waals surface area contributed by atoms with E-state index in [4.69, 9.17) is 0 Å². The second-order valence-electron chi connectivity index (χ2n) is 6.67. The standard InChI is InChI=1S/C22H21NO4/c1-15-19(21(26)17-10-6-3-7-11-17)12-18(13-20(24)25)22(27)23(15)14-16-8-4-2-5-9-16/h2-11,18H,12-14H2,1H3,(H,24,25). The second kappa shape index (κ2) is 7.99. The number of carboxylic acid groups (broad SMARTS) is 1. The molecule has 0 saturated carbocycles. The molecule has 0 aliphatic carbocycles. The molecule has 1 amide bonds. The fraction of sp³-hybridized carbons (Fsp3) is 0.227. The van der Waals surface area contributed by atoms with Crippen molar-refractivity contribution in [1.82, 2.24) is 4.90 Å². The summed E-state index contributed by atoms with van der Waals surface area (Å²) in [5.41, 5.74) is 2.56. The number of carbonyl (C=O) groups is 3. The van der Waals surface area contributed by atoms with Gasteiger partial charge in [-0.2, -0.15) is 0 Å². The summed E-state index contributed by atoms with van der Waals surface area (Å²) in [6.07, 6.45) is -0.140. The van der Waals surface area contributed by atoms with Crippen LogP contribution in [0.4, 0.5) is 0 Å². The van der Waals surface area contributed by atoms with Gasteiger partial charge in [-0.3, -0.25) is 14.4 Å². The van der Waals surface area contributed by atoms with Crippen LogP contribution in [0.15, 0.2) is 71.9 Å². The summed E-state index contributed by atoms with van der Waals surface area (Å²) in [4.78, 5) is 38.7. The lowest BCUT2D eigenvalue weighted by Gasteiger charge is -2.34. The Morgan fingerprint density at radius 2 is 1.63 bits per heavy atom. The summed E-state index contributed by atoms with van der Waals surface area (Å²) in [7, 11) is 0. The van der Waals surface area contributed by atoms with Crippen LogP contribution in [0.1, 0.15) is 35.7 Å². The summed E-state index contributed by atoms with van der Waals surface area (Å²) < 4.78 is 0. The van der Waals surface area contributed by atoms with Gasteiger partial charge >= 0.3 is 5.97 Å². The number of hydrogen-bond acceptors (Lipinski definition) is 3. The number of carbonyl (C=O) groups excluding carboxylic acids is 2. The molecule has 1 aliphatic rings. The minimum atomic E-state index is -1.04. The first kappa shape index (κ1) is 18.6. The first-order valence-electron chi connectivity index (χ1n) is 8.84. The smallest absolute Gasteiger partial charge is 0.304 e. The van der Waals surface area contributed by atoms with Crippen molar-refractivity contribution in [3.8, 4) is 0 Å². The van der Waals surface area contributed by atoms with Gasteiger partial charge in [-0.15, -0.1) is 0 Å². The van der Waals surface area contributed by atoms with Crippen molar-refractivity contribution in [1.29, 1.82) is 0 Å². The van der Waals surface area contributed by atoms with Crippen molar-refractivity contribution < 1.29 is 19.5 Å². The Morgan fingerprint density at radius 3 is 2.22 bits per heavy atom. The van der Waals surface area contributed by atoms with E-state index < -0.39 is 11.9 Å². The highest BCUT2D eigenvalue weighted by Gasteiger charge is 2.36. The third-order valence-electron chi connectivity index (χ3n) is 4.82. The Morgan fingerprint density at radius 1 is 1.04 bits per heavy atom. The van der Waals surface area contributed by atoms with Crippen molar-refractivity contribution in [3.05, 3.63) is 83.1 Å². The van der Waals surface area contributed by atoms with E-state index in [1.807, 2.05) is 36.4 Å². The maximum atomic E-state index is 13.0. The van der Waals surface area contributed by atoms with Gasteiger partial charge in [0.15, 0.2) is 5.78 Å². The molecule has 3 rings (SSSR count). The van der Waals surface area contributed by atoms with Gasteiger partial charge in [0, 0.05) is 16.8 Å². The zero-order valence-corrected chi connectivity index (χ0v) is 15.1. The van der Waals surface area contributed by atoms with Crippen molar-refractivity contribution >= 4 is 17.7 Å². The summed E-state index contributed by atoms with van der Waals surface area (Å²) in [5.74, 6) is -2.19. The zero-order chi connectivity index (χ0) is 19.4. The predicted molar refractivity (Wildman–Crippen MR) is 101 cm³/mol. The van der Waals surface area contributed by atoms with E-state index in [1.165, 1.54) is 0 Å². The van der Waals surface area contributed by atoms with Crippen molar-refractivity contribution in [3.63, 3.8) is 0 Å². The second-order valence-corrected chi connectivity index (χ2v) is 6.67. The maximum absolute atomic E-state index is 13.0. The lowest BCUT2D eigenvalue weighted by atomic mass is 9.85. The molecule has 2 aromatic carbocycles. The molecule has 0 bridgehead atoms. The molecular formula is C22H21NO4. The Balaban J connectivity index is 1.99. The topological polar surface area (TPSA) is 74.7 Å². The highest BCUT2D eigenvalue weighted by molar-refractivity contribution is 6.10. The molecule has 5 heteroatoms. The van der Waals surface area contributed by atoms with E-state index in [0.29, 0.717) is 23.4 Å². The van der Waals surface area contributed by atoms with E-state index in [0.717, 1.165) is 5.56 Å². The Hall–Kier alpha value is -3.21. The summed E-state index contributed by atoms with van der Waals surface area (Å²) in [6.45, 7) is 2.07. The fourth-order valence-electron chi connectivity index (χ4n) is 3.38. The normalized spacial score (nSPS) is 17.1. The van der Waals surface area contributed by atoms with Gasteiger partial charge in [-0.05, 0) is 18.9 Å². The van der Waals surface area contributed by atoms with E-state index in [2.05, 4.69) is 0 Å². The van der Waals surface area contributed by atoms with Crippen molar-refractivity contribution in [2.45, 2.75) is 26.3 Å². The average Bonchev–Trinajstić information content (AvgIpc) is 2.68. The Labute approximate surface area is 157 Å². The first-order valence-corrected chi connectivity index (χ1v) is 8.84. The minimum absolute atomic E-state index is 0.149. The van der Waals surface area contributed by atoms with Crippen LogP contribution in [0.2, 0.25) is 0 Å². The lowest BCUT2D eigenvalue weighted by Crippen LogP contribution is -2.41. The summed E-state index contributed by atoms with van der Waals surface area (Å²) in [5, 5.41) is 9.20. The fourth-order valence-corrected chi connectivity index (χ4v) is 3.38.